The van der Waals surface area contributed by atoms with E-state index < -0.39 is 0 Å². The van der Waals surface area contributed by atoms with Crippen LogP contribution in [0.2, 0.25) is 0 Å². The number of hydrogen-bond acceptors (Lipinski definition) is 4. The van der Waals surface area contributed by atoms with Gasteiger partial charge in [-0.3, -0.25) is 9.59 Å². The average Bonchev–Trinajstić information content (AvgIpc) is 2.68. The molecule has 1 N–H and O–H groups in total. The van der Waals surface area contributed by atoms with Gasteiger partial charge in [0, 0.05) is 11.8 Å². The second-order valence-corrected chi connectivity index (χ2v) is 8.60. The summed E-state index contributed by atoms with van der Waals surface area (Å²) in [5.41, 5.74) is 5.85. The van der Waals surface area contributed by atoms with Crippen LogP contribution in [-0.2, 0) is 4.79 Å². The number of thioether (sulfide) groups is 1. The van der Waals surface area contributed by atoms with Crippen LogP contribution in [0, 0.1) is 27.7 Å². The fourth-order valence-electron chi connectivity index (χ4n) is 2.80. The number of aromatic nitrogens is 2. The lowest BCUT2D eigenvalue weighted by Gasteiger charge is -2.13. The van der Waals surface area contributed by atoms with Crippen molar-refractivity contribution in [2.24, 2.45) is 0 Å². The molecule has 1 amide bonds. The molecule has 3 rings (SSSR count). The van der Waals surface area contributed by atoms with Crippen molar-refractivity contribution in [2.75, 3.05) is 5.32 Å². The fourth-order valence-corrected chi connectivity index (χ4v) is 3.60. The van der Waals surface area contributed by atoms with E-state index in [1.807, 2.05) is 71.0 Å². The van der Waals surface area contributed by atoms with Gasteiger partial charge in [0.05, 0.1) is 10.9 Å². The highest BCUT2D eigenvalue weighted by molar-refractivity contribution is 8.00. The van der Waals surface area contributed by atoms with E-state index >= 15 is 0 Å². The number of carbonyl (C=O) groups is 1. The number of nitrogens with one attached hydrogen (secondary N) is 1. The zero-order valence-electron chi connectivity index (χ0n) is 17.3. The first-order valence-corrected chi connectivity index (χ1v) is 10.4. The molecule has 0 bridgehead atoms. The van der Waals surface area contributed by atoms with E-state index in [1.54, 1.807) is 6.07 Å². The number of aryl methyl sites for hydroxylation is 4. The van der Waals surface area contributed by atoms with Gasteiger partial charge in [-0.1, -0.05) is 23.9 Å². The number of carbonyl (C=O) groups excluding carboxylic acids is 1. The van der Waals surface area contributed by atoms with Crippen LogP contribution >= 0.6 is 11.8 Å². The molecular weight excluding hydrogens is 382 g/mol. The van der Waals surface area contributed by atoms with Crippen LogP contribution < -0.4 is 10.9 Å². The molecule has 29 heavy (non-hydrogen) atoms. The van der Waals surface area contributed by atoms with E-state index in [4.69, 9.17) is 0 Å². The molecule has 0 fully saturated rings. The maximum absolute atomic E-state index is 12.6. The van der Waals surface area contributed by atoms with E-state index in [2.05, 4.69) is 10.4 Å². The number of anilines is 1. The number of nitrogens with zero attached hydrogens (tertiary/aromatic N) is 2. The summed E-state index contributed by atoms with van der Waals surface area (Å²) in [4.78, 5) is 24.9. The van der Waals surface area contributed by atoms with Crippen LogP contribution in [0.3, 0.4) is 0 Å². The molecule has 0 spiro atoms. The molecule has 0 aliphatic heterocycles. The first-order chi connectivity index (χ1) is 13.7. The molecule has 150 valence electrons. The average molecular weight is 408 g/mol. The predicted octanol–water partition coefficient (Wildman–Crippen LogP) is 4.59. The van der Waals surface area contributed by atoms with Gasteiger partial charge in [0.25, 0.3) is 5.56 Å². The Balaban J connectivity index is 1.77. The Bertz CT molecular complexity index is 1120. The highest BCUT2D eigenvalue weighted by atomic mass is 32.2. The molecule has 1 heterocycles. The van der Waals surface area contributed by atoms with E-state index in [0.717, 1.165) is 22.4 Å². The van der Waals surface area contributed by atoms with Crippen molar-refractivity contribution in [3.63, 3.8) is 0 Å². The zero-order valence-corrected chi connectivity index (χ0v) is 18.1. The number of amides is 1. The van der Waals surface area contributed by atoms with Crippen molar-refractivity contribution in [1.29, 1.82) is 0 Å². The van der Waals surface area contributed by atoms with Crippen molar-refractivity contribution in [2.45, 2.75) is 44.9 Å². The van der Waals surface area contributed by atoms with Gasteiger partial charge in [0.2, 0.25) is 5.91 Å². The third-order valence-electron chi connectivity index (χ3n) is 4.95. The molecule has 0 aliphatic carbocycles. The minimum Gasteiger partial charge on any atom is -0.325 e. The summed E-state index contributed by atoms with van der Waals surface area (Å²) < 4.78 is 1.38. The van der Waals surface area contributed by atoms with Gasteiger partial charge in [-0.2, -0.15) is 9.78 Å². The lowest BCUT2D eigenvalue weighted by Crippen LogP contribution is -2.24. The maximum atomic E-state index is 12.6. The third kappa shape index (κ3) is 4.95. The maximum Gasteiger partial charge on any atom is 0.271 e. The molecule has 0 saturated carbocycles. The summed E-state index contributed by atoms with van der Waals surface area (Å²) in [5.74, 6) is -0.107. The summed E-state index contributed by atoms with van der Waals surface area (Å²) >= 11 is 1.32. The minimum atomic E-state index is -0.366. The van der Waals surface area contributed by atoms with Crippen molar-refractivity contribution < 1.29 is 4.79 Å². The van der Waals surface area contributed by atoms with E-state index in [9.17, 15) is 9.59 Å². The first kappa shape index (κ1) is 20.9. The van der Waals surface area contributed by atoms with Gasteiger partial charge in [0.15, 0.2) is 0 Å². The van der Waals surface area contributed by atoms with Crippen LogP contribution in [0.15, 0.2) is 58.4 Å². The van der Waals surface area contributed by atoms with Gasteiger partial charge < -0.3 is 5.32 Å². The Morgan fingerprint density at radius 2 is 1.59 bits per heavy atom. The molecule has 1 atom stereocenters. The Kier molecular flexibility index (Phi) is 6.23. The SMILES string of the molecule is Cc1ccc(NC(=O)[C@@H](C)Sc2ccc(=O)n(-c3ccc(C)c(C)c3)n2)cc1C. The standard InChI is InChI=1S/C23H25N3O2S/c1-14-6-8-19(12-16(14)3)24-23(28)18(5)29-21-10-11-22(27)26(25-21)20-9-7-15(2)17(4)13-20/h6-13,18H,1-5H3,(H,24,28)/t18-/m1/s1. The second-order valence-electron chi connectivity index (χ2n) is 7.24. The molecule has 0 aliphatic rings. The van der Waals surface area contributed by atoms with E-state index in [0.29, 0.717) is 10.7 Å². The van der Waals surface area contributed by atoms with Crippen LogP contribution in [0.25, 0.3) is 5.69 Å². The van der Waals surface area contributed by atoms with Crippen LogP contribution in [0.1, 0.15) is 29.2 Å². The van der Waals surface area contributed by atoms with E-state index in [1.165, 1.54) is 28.1 Å². The topological polar surface area (TPSA) is 64.0 Å². The van der Waals surface area contributed by atoms with Gasteiger partial charge in [-0.25, -0.2) is 0 Å². The Hall–Kier alpha value is -2.86. The van der Waals surface area contributed by atoms with Crippen molar-refractivity contribution in [3.05, 3.63) is 81.1 Å². The third-order valence-corrected chi connectivity index (χ3v) is 5.98. The van der Waals surface area contributed by atoms with Gasteiger partial charge in [0.1, 0.15) is 5.03 Å². The lowest BCUT2D eigenvalue weighted by atomic mass is 10.1. The van der Waals surface area contributed by atoms with Crippen molar-refractivity contribution >= 4 is 23.4 Å². The largest absolute Gasteiger partial charge is 0.325 e. The Labute approximate surface area is 175 Å². The Morgan fingerprint density at radius 1 is 0.931 bits per heavy atom. The number of hydrogen-bond donors (Lipinski definition) is 1. The van der Waals surface area contributed by atoms with E-state index in [-0.39, 0.29) is 16.7 Å². The summed E-state index contributed by atoms with van der Waals surface area (Å²) in [5, 5.41) is 7.65. The summed E-state index contributed by atoms with van der Waals surface area (Å²) in [6, 6.07) is 14.8. The highest BCUT2D eigenvalue weighted by Gasteiger charge is 2.16. The minimum absolute atomic E-state index is 0.107. The normalized spacial score (nSPS) is 11.9. The molecule has 1 aromatic heterocycles. The quantitative estimate of drug-likeness (QED) is 0.629. The molecule has 3 aromatic rings. The predicted molar refractivity (Wildman–Crippen MR) is 119 cm³/mol. The van der Waals surface area contributed by atoms with Crippen LogP contribution in [0.4, 0.5) is 5.69 Å². The molecule has 0 unspecified atom stereocenters. The first-order valence-electron chi connectivity index (χ1n) is 9.47. The molecule has 6 heteroatoms. The fraction of sp³-hybridized carbons (Fsp3) is 0.261. The van der Waals surface area contributed by atoms with Gasteiger partial charge in [-0.05, 0) is 87.2 Å². The number of benzene rings is 2. The van der Waals surface area contributed by atoms with Gasteiger partial charge in [-0.15, -0.1) is 0 Å². The molecule has 2 aromatic carbocycles. The summed E-state index contributed by atoms with van der Waals surface area (Å²) in [6.07, 6.45) is 0. The summed E-state index contributed by atoms with van der Waals surface area (Å²) in [7, 11) is 0. The van der Waals surface area contributed by atoms with Crippen molar-refractivity contribution in [1.82, 2.24) is 9.78 Å². The molecule has 0 radical (unpaired) electrons. The molecular formula is C23H25N3O2S. The second kappa shape index (κ2) is 8.66. The monoisotopic (exact) mass is 407 g/mol. The molecule has 5 nitrogen and oxygen atoms in total. The zero-order chi connectivity index (χ0) is 21.1. The van der Waals surface area contributed by atoms with Crippen LogP contribution in [-0.4, -0.2) is 20.9 Å². The Morgan fingerprint density at radius 3 is 2.24 bits per heavy atom. The smallest absolute Gasteiger partial charge is 0.271 e. The number of rotatable bonds is 5. The highest BCUT2D eigenvalue weighted by Crippen LogP contribution is 2.23. The van der Waals surface area contributed by atoms with Crippen molar-refractivity contribution in [3.8, 4) is 5.69 Å². The van der Waals surface area contributed by atoms with Gasteiger partial charge >= 0.3 is 0 Å². The summed E-state index contributed by atoms with van der Waals surface area (Å²) in [6.45, 7) is 9.91. The van der Waals surface area contributed by atoms with Crippen LogP contribution in [0.5, 0.6) is 0 Å². The lowest BCUT2D eigenvalue weighted by molar-refractivity contribution is -0.115. The molecule has 0 saturated heterocycles.